The summed E-state index contributed by atoms with van der Waals surface area (Å²) in [6, 6.07) is 25.6. The van der Waals surface area contributed by atoms with Gasteiger partial charge in [0, 0.05) is 22.7 Å². The van der Waals surface area contributed by atoms with Crippen LogP contribution in [0.25, 0.3) is 21.7 Å². The van der Waals surface area contributed by atoms with Gasteiger partial charge in [-0.15, -0.1) is 0 Å². The minimum absolute atomic E-state index is 0.00690. The Morgan fingerprint density at radius 3 is 2.52 bits per heavy atom. The average molecular weight is 560 g/mol. The maximum atomic E-state index is 14.4. The van der Waals surface area contributed by atoms with Crippen LogP contribution in [-0.4, -0.2) is 48.4 Å². The quantitative estimate of drug-likeness (QED) is 0.275. The Hall–Kier alpha value is -4.95. The van der Waals surface area contributed by atoms with Crippen LogP contribution in [0.3, 0.4) is 0 Å². The monoisotopic (exact) mass is 559 g/mol. The van der Waals surface area contributed by atoms with Crippen LogP contribution in [0.15, 0.2) is 91.1 Å². The molecule has 0 saturated carbocycles. The van der Waals surface area contributed by atoms with Crippen LogP contribution >= 0.6 is 0 Å². The van der Waals surface area contributed by atoms with E-state index in [0.717, 1.165) is 32.8 Å². The van der Waals surface area contributed by atoms with E-state index in [1.807, 2.05) is 67.7 Å². The van der Waals surface area contributed by atoms with Gasteiger partial charge in [-0.1, -0.05) is 48.5 Å². The van der Waals surface area contributed by atoms with Crippen molar-refractivity contribution in [3.05, 3.63) is 108 Å². The van der Waals surface area contributed by atoms with Gasteiger partial charge in [-0.05, 0) is 79.2 Å². The minimum Gasteiger partial charge on any atom is -0.361 e. The molecule has 8 nitrogen and oxygen atoms in total. The molecule has 2 heterocycles. The van der Waals surface area contributed by atoms with Crippen LogP contribution in [0.2, 0.25) is 0 Å². The molecule has 3 amide bonds. The molecule has 0 radical (unpaired) electrons. The summed E-state index contributed by atoms with van der Waals surface area (Å²) in [5.74, 6) is -0.838. The normalized spacial score (nSPS) is 15.9. The fraction of sp³-hybridized carbons (Fsp3) is 0.206. The number of fused-ring (bicyclic) bond motifs is 3. The van der Waals surface area contributed by atoms with E-state index in [4.69, 9.17) is 0 Å². The highest BCUT2D eigenvalue weighted by molar-refractivity contribution is 6.13. The van der Waals surface area contributed by atoms with Gasteiger partial charge in [0.15, 0.2) is 0 Å². The molecule has 42 heavy (non-hydrogen) atoms. The highest BCUT2D eigenvalue weighted by Crippen LogP contribution is 2.36. The fourth-order valence-electron chi connectivity index (χ4n) is 5.63. The minimum atomic E-state index is -0.962. The number of hydrogen-bond donors (Lipinski definition) is 3. The van der Waals surface area contributed by atoms with Crippen molar-refractivity contribution >= 4 is 50.8 Å². The number of carbonyl (C=O) groups excluding carboxylic acids is 3. The third kappa shape index (κ3) is 4.90. The van der Waals surface area contributed by atoms with Crippen LogP contribution in [0.5, 0.6) is 0 Å². The lowest BCUT2D eigenvalue weighted by molar-refractivity contribution is -0.128. The van der Waals surface area contributed by atoms with Gasteiger partial charge in [-0.3, -0.25) is 14.4 Å². The van der Waals surface area contributed by atoms with Gasteiger partial charge in [-0.2, -0.15) is 0 Å². The molecule has 1 aliphatic heterocycles. The molecule has 1 unspecified atom stereocenters. The van der Waals surface area contributed by atoms with Crippen LogP contribution in [0.4, 0.5) is 11.4 Å². The highest BCUT2D eigenvalue weighted by Gasteiger charge is 2.38. The number of amides is 3. The molecule has 0 fully saturated rings. The van der Waals surface area contributed by atoms with Crippen molar-refractivity contribution in [1.82, 2.24) is 15.6 Å². The molecule has 0 aliphatic carbocycles. The van der Waals surface area contributed by atoms with E-state index >= 15 is 0 Å². The lowest BCUT2D eigenvalue weighted by atomic mass is 9.99. The predicted molar refractivity (Wildman–Crippen MR) is 167 cm³/mol. The van der Waals surface area contributed by atoms with Gasteiger partial charge in [0.1, 0.15) is 6.04 Å². The molecule has 1 aliphatic rings. The number of anilines is 2. The molecule has 0 bridgehead atoms. The molecular weight excluding hydrogens is 526 g/mol. The summed E-state index contributed by atoms with van der Waals surface area (Å²) in [5, 5.41) is 8.92. The number of benzene rings is 4. The SMILES string of the molecule is CNC(C)C(=O)N[C@H]1CN(C(=O)c2ccc3[nH]ccc3c2)c2ccccc2N(Cc2c(C)ccc3ccccc23)C1=O. The van der Waals surface area contributed by atoms with Gasteiger partial charge >= 0.3 is 0 Å². The Morgan fingerprint density at radius 2 is 1.71 bits per heavy atom. The van der Waals surface area contributed by atoms with E-state index in [2.05, 4.69) is 39.9 Å². The first kappa shape index (κ1) is 27.2. The Morgan fingerprint density at radius 1 is 0.952 bits per heavy atom. The number of nitrogens with zero attached hydrogens (tertiary/aromatic N) is 2. The molecule has 5 aromatic rings. The number of aryl methyl sites for hydroxylation is 1. The number of para-hydroxylation sites is 2. The molecule has 6 rings (SSSR count). The summed E-state index contributed by atoms with van der Waals surface area (Å²) in [4.78, 5) is 48.1. The van der Waals surface area contributed by atoms with Crippen molar-refractivity contribution in [1.29, 1.82) is 0 Å². The van der Waals surface area contributed by atoms with E-state index in [0.29, 0.717) is 16.9 Å². The maximum absolute atomic E-state index is 14.4. The fourth-order valence-corrected chi connectivity index (χ4v) is 5.63. The second-order valence-electron chi connectivity index (χ2n) is 10.8. The van der Waals surface area contributed by atoms with Gasteiger partial charge in [-0.25, -0.2) is 0 Å². The standard InChI is InChI=1S/C34H33N5O3/c1-21-12-13-23-8-4-5-9-26(23)27(21)19-38-30-10-6-7-11-31(30)39(20-29(34(38)42)37-32(40)22(2)35-3)33(41)25-14-15-28-24(18-25)16-17-36-28/h4-18,22,29,35-36H,19-20H2,1-3H3,(H,37,40)/t22?,29-/m0/s1. The van der Waals surface area contributed by atoms with Crippen LogP contribution < -0.4 is 20.4 Å². The molecular formula is C34H33N5O3. The molecule has 3 N–H and O–H groups in total. The van der Waals surface area contributed by atoms with Gasteiger partial charge in [0.25, 0.3) is 11.8 Å². The molecule has 4 aromatic carbocycles. The Labute approximate surface area is 244 Å². The number of carbonyl (C=O) groups is 3. The number of H-pyrrole nitrogens is 1. The van der Waals surface area contributed by atoms with Crippen molar-refractivity contribution in [2.24, 2.45) is 0 Å². The number of rotatable bonds is 6. The summed E-state index contributed by atoms with van der Waals surface area (Å²) in [7, 11) is 1.69. The first-order valence-electron chi connectivity index (χ1n) is 14.1. The molecule has 212 valence electrons. The Bertz CT molecular complexity index is 1830. The number of aromatic nitrogens is 1. The second-order valence-corrected chi connectivity index (χ2v) is 10.8. The molecule has 1 aromatic heterocycles. The Kier molecular flexibility index (Phi) is 7.22. The van der Waals surface area contributed by atoms with Crippen molar-refractivity contribution in [2.75, 3.05) is 23.4 Å². The third-order valence-corrected chi connectivity index (χ3v) is 8.17. The van der Waals surface area contributed by atoms with E-state index in [-0.39, 0.29) is 30.8 Å². The summed E-state index contributed by atoms with van der Waals surface area (Å²) >= 11 is 0. The largest absolute Gasteiger partial charge is 0.361 e. The summed E-state index contributed by atoms with van der Waals surface area (Å²) in [5.41, 5.74) is 4.73. The Balaban J connectivity index is 1.47. The van der Waals surface area contributed by atoms with E-state index in [1.54, 1.807) is 29.8 Å². The zero-order valence-electron chi connectivity index (χ0n) is 23.8. The predicted octanol–water partition coefficient (Wildman–Crippen LogP) is 4.92. The lowest BCUT2D eigenvalue weighted by Crippen LogP contribution is -2.55. The van der Waals surface area contributed by atoms with Crippen molar-refractivity contribution in [2.45, 2.75) is 32.5 Å². The molecule has 0 saturated heterocycles. The third-order valence-electron chi connectivity index (χ3n) is 8.17. The van der Waals surface area contributed by atoms with Crippen molar-refractivity contribution in [3.8, 4) is 0 Å². The number of likely N-dealkylation sites (N-methyl/N-ethyl adjacent to an activating group) is 1. The highest BCUT2D eigenvalue weighted by atomic mass is 16.2. The van der Waals surface area contributed by atoms with E-state index in [9.17, 15) is 14.4 Å². The number of nitrogens with one attached hydrogen (secondary N) is 3. The zero-order valence-corrected chi connectivity index (χ0v) is 23.8. The maximum Gasteiger partial charge on any atom is 0.258 e. The first-order valence-corrected chi connectivity index (χ1v) is 14.1. The topological polar surface area (TPSA) is 97.5 Å². The van der Waals surface area contributed by atoms with Gasteiger partial charge < -0.3 is 25.4 Å². The first-order chi connectivity index (χ1) is 20.4. The number of hydrogen-bond acceptors (Lipinski definition) is 4. The second kappa shape index (κ2) is 11.1. The summed E-state index contributed by atoms with van der Waals surface area (Å²) in [6.07, 6.45) is 1.83. The zero-order chi connectivity index (χ0) is 29.4. The van der Waals surface area contributed by atoms with E-state index < -0.39 is 12.1 Å². The average Bonchev–Trinajstić information content (AvgIpc) is 3.46. The van der Waals surface area contributed by atoms with Gasteiger partial charge in [0.2, 0.25) is 5.91 Å². The van der Waals surface area contributed by atoms with E-state index in [1.165, 1.54) is 0 Å². The molecule has 0 spiro atoms. The summed E-state index contributed by atoms with van der Waals surface area (Å²) < 4.78 is 0. The smallest absolute Gasteiger partial charge is 0.258 e. The summed E-state index contributed by atoms with van der Waals surface area (Å²) in [6.45, 7) is 4.05. The van der Waals surface area contributed by atoms with Crippen LogP contribution in [-0.2, 0) is 16.1 Å². The molecule has 8 heteroatoms. The lowest BCUT2D eigenvalue weighted by Gasteiger charge is -2.27. The van der Waals surface area contributed by atoms with Crippen molar-refractivity contribution < 1.29 is 14.4 Å². The number of aromatic amines is 1. The van der Waals surface area contributed by atoms with Crippen LogP contribution in [0.1, 0.15) is 28.4 Å². The van der Waals surface area contributed by atoms with Gasteiger partial charge in [0.05, 0.1) is 30.5 Å². The van der Waals surface area contributed by atoms with Crippen molar-refractivity contribution in [3.63, 3.8) is 0 Å². The van der Waals surface area contributed by atoms with Crippen LogP contribution in [0, 0.1) is 6.92 Å². The molecule has 2 atom stereocenters.